The molecule has 180 valence electrons. The van der Waals surface area contributed by atoms with Crippen molar-refractivity contribution >= 4 is 28.7 Å². The van der Waals surface area contributed by atoms with E-state index in [1.165, 1.54) is 11.8 Å². The van der Waals surface area contributed by atoms with Gasteiger partial charge in [0.1, 0.15) is 5.52 Å². The van der Waals surface area contributed by atoms with E-state index >= 15 is 0 Å². The second-order valence-corrected chi connectivity index (χ2v) is 9.83. The molecule has 8 heteroatoms. The van der Waals surface area contributed by atoms with Crippen molar-refractivity contribution in [1.29, 1.82) is 0 Å². The van der Waals surface area contributed by atoms with Crippen LogP contribution in [0.2, 0.25) is 0 Å². The molecule has 2 aromatic carbocycles. The zero-order valence-electron chi connectivity index (χ0n) is 20.0. The maximum atomic E-state index is 12.9. The summed E-state index contributed by atoms with van der Waals surface area (Å²) < 4.78 is 1.73. The normalized spacial score (nSPS) is 14.5. The second kappa shape index (κ2) is 11.0. The Morgan fingerprint density at radius 3 is 2.17 bits per heavy atom. The maximum Gasteiger partial charge on any atom is 0.270 e. The number of nitrogens with zero attached hydrogens (tertiary/aromatic N) is 6. The molecule has 1 aliphatic rings. The molecule has 0 atom stereocenters. The Balaban J connectivity index is 1.46. The van der Waals surface area contributed by atoms with Crippen molar-refractivity contribution in [2.75, 3.05) is 36.8 Å². The third-order valence-electron chi connectivity index (χ3n) is 6.19. The lowest BCUT2D eigenvalue weighted by molar-refractivity contribution is 0.249. The molecule has 4 aromatic rings. The van der Waals surface area contributed by atoms with Crippen molar-refractivity contribution in [1.82, 2.24) is 24.4 Å². The number of aromatic nitrogens is 4. The molecule has 1 saturated heterocycles. The largest absolute Gasteiger partial charge is 0.352 e. The Bertz CT molecular complexity index is 1320. The van der Waals surface area contributed by atoms with Gasteiger partial charge in [-0.1, -0.05) is 79.3 Å². The summed E-state index contributed by atoms with van der Waals surface area (Å²) in [6.45, 7) is 7.16. The van der Waals surface area contributed by atoms with Crippen LogP contribution in [0.25, 0.3) is 11.2 Å². The summed E-state index contributed by atoms with van der Waals surface area (Å²) in [4.78, 5) is 31.9. The van der Waals surface area contributed by atoms with Crippen LogP contribution in [-0.4, -0.2) is 56.4 Å². The average Bonchev–Trinajstić information content (AvgIpc) is 2.90. The summed E-state index contributed by atoms with van der Waals surface area (Å²) in [5.41, 5.74) is 3.54. The lowest BCUT2D eigenvalue weighted by Crippen LogP contribution is -2.46. The van der Waals surface area contributed by atoms with Crippen LogP contribution < -0.4 is 10.5 Å². The molecule has 1 fully saturated rings. The highest BCUT2D eigenvalue weighted by molar-refractivity contribution is 7.99. The van der Waals surface area contributed by atoms with Crippen LogP contribution >= 0.6 is 11.8 Å². The Hall–Kier alpha value is -3.23. The molecule has 5 rings (SSSR count). The summed E-state index contributed by atoms with van der Waals surface area (Å²) in [5, 5.41) is 0.704. The van der Waals surface area contributed by atoms with E-state index in [-0.39, 0.29) is 5.56 Å². The smallest absolute Gasteiger partial charge is 0.270 e. The molecule has 0 radical (unpaired) electrons. The van der Waals surface area contributed by atoms with E-state index in [1.54, 1.807) is 16.3 Å². The van der Waals surface area contributed by atoms with Crippen molar-refractivity contribution in [2.24, 2.45) is 0 Å². The van der Waals surface area contributed by atoms with Crippen molar-refractivity contribution in [3.63, 3.8) is 0 Å². The molecular weight excluding hydrogens is 456 g/mol. The van der Waals surface area contributed by atoms with Crippen LogP contribution in [0.3, 0.4) is 0 Å². The molecule has 0 amide bonds. The van der Waals surface area contributed by atoms with Crippen LogP contribution in [0.5, 0.6) is 0 Å². The van der Waals surface area contributed by atoms with Gasteiger partial charge in [-0.05, 0) is 17.5 Å². The van der Waals surface area contributed by atoms with Gasteiger partial charge in [0.25, 0.3) is 5.56 Å². The van der Waals surface area contributed by atoms with Gasteiger partial charge in [-0.15, -0.1) is 0 Å². The van der Waals surface area contributed by atoms with E-state index < -0.39 is 0 Å². The standard InChI is InChI=1S/C27H30N6OS/c1-2-17-35-27-29-25(32-15-13-31(14-16-32)19-21-9-5-3-6-10-21)24-26(30-27)33(23(34)18-28-24)20-22-11-7-4-8-12-22/h3-12,18H,2,13-17,19-20H2,1H3. The Morgan fingerprint density at radius 1 is 0.857 bits per heavy atom. The number of rotatable bonds is 8. The van der Waals surface area contributed by atoms with E-state index in [0.29, 0.717) is 22.9 Å². The summed E-state index contributed by atoms with van der Waals surface area (Å²) in [7, 11) is 0. The van der Waals surface area contributed by atoms with Crippen LogP contribution in [0.1, 0.15) is 24.5 Å². The quantitative estimate of drug-likeness (QED) is 0.275. The highest BCUT2D eigenvalue weighted by Gasteiger charge is 2.23. The van der Waals surface area contributed by atoms with Gasteiger partial charge < -0.3 is 4.90 Å². The summed E-state index contributed by atoms with van der Waals surface area (Å²) >= 11 is 1.63. The van der Waals surface area contributed by atoms with Gasteiger partial charge in [-0.3, -0.25) is 14.3 Å². The minimum Gasteiger partial charge on any atom is -0.352 e. The molecule has 7 nitrogen and oxygen atoms in total. The minimum atomic E-state index is -0.148. The molecule has 1 aliphatic heterocycles. The van der Waals surface area contributed by atoms with Crippen molar-refractivity contribution < 1.29 is 0 Å². The first-order valence-electron chi connectivity index (χ1n) is 12.2. The molecule has 0 N–H and O–H groups in total. The fraction of sp³-hybridized carbons (Fsp3) is 0.333. The Kier molecular flexibility index (Phi) is 7.39. The topological polar surface area (TPSA) is 67.2 Å². The number of fused-ring (bicyclic) bond motifs is 1. The zero-order chi connectivity index (χ0) is 24.0. The van der Waals surface area contributed by atoms with E-state index in [4.69, 9.17) is 9.97 Å². The summed E-state index contributed by atoms with van der Waals surface area (Å²) in [5.74, 6) is 1.76. The molecule has 35 heavy (non-hydrogen) atoms. The van der Waals surface area contributed by atoms with E-state index in [1.807, 2.05) is 30.3 Å². The predicted octanol–water partition coefficient (Wildman–Crippen LogP) is 4.06. The van der Waals surface area contributed by atoms with Crippen molar-refractivity contribution in [3.05, 3.63) is 88.3 Å². The van der Waals surface area contributed by atoms with E-state index in [2.05, 4.69) is 52.0 Å². The lowest BCUT2D eigenvalue weighted by atomic mass is 10.2. The van der Waals surface area contributed by atoms with Crippen molar-refractivity contribution in [2.45, 2.75) is 31.6 Å². The number of piperazine rings is 1. The minimum absolute atomic E-state index is 0.148. The van der Waals surface area contributed by atoms with Crippen LogP contribution in [-0.2, 0) is 13.1 Å². The first-order chi connectivity index (χ1) is 17.2. The molecule has 0 aliphatic carbocycles. The molecule has 0 saturated carbocycles. The maximum absolute atomic E-state index is 12.9. The summed E-state index contributed by atoms with van der Waals surface area (Å²) in [6, 6.07) is 20.6. The van der Waals surface area contributed by atoms with Crippen molar-refractivity contribution in [3.8, 4) is 0 Å². The van der Waals surface area contributed by atoms with Gasteiger partial charge in [-0.25, -0.2) is 15.0 Å². The average molecular weight is 487 g/mol. The van der Waals surface area contributed by atoms with Gasteiger partial charge in [0.05, 0.1) is 12.7 Å². The Labute approximate surface area is 209 Å². The van der Waals surface area contributed by atoms with E-state index in [9.17, 15) is 4.79 Å². The van der Waals surface area contributed by atoms with Gasteiger partial charge >= 0.3 is 0 Å². The highest BCUT2D eigenvalue weighted by Crippen LogP contribution is 2.27. The molecule has 0 spiro atoms. The first-order valence-corrected chi connectivity index (χ1v) is 13.2. The third kappa shape index (κ3) is 5.55. The highest BCUT2D eigenvalue weighted by atomic mass is 32.2. The molecule has 2 aromatic heterocycles. The van der Waals surface area contributed by atoms with Crippen LogP contribution in [0.15, 0.2) is 76.8 Å². The lowest BCUT2D eigenvalue weighted by Gasteiger charge is -2.35. The van der Waals surface area contributed by atoms with Gasteiger partial charge in [0.2, 0.25) is 0 Å². The molecule has 0 bridgehead atoms. The van der Waals surface area contributed by atoms with Crippen LogP contribution in [0.4, 0.5) is 5.82 Å². The Morgan fingerprint density at radius 2 is 1.51 bits per heavy atom. The van der Waals surface area contributed by atoms with Crippen LogP contribution in [0, 0.1) is 0 Å². The SMILES string of the molecule is CCCSc1nc(N2CCN(Cc3ccccc3)CC2)c2ncc(=O)n(Cc3ccccc3)c2n1. The van der Waals surface area contributed by atoms with Gasteiger partial charge in [-0.2, -0.15) is 0 Å². The number of thioether (sulfide) groups is 1. The monoisotopic (exact) mass is 486 g/mol. The van der Waals surface area contributed by atoms with Gasteiger partial charge in [0, 0.05) is 38.5 Å². The summed E-state index contributed by atoms with van der Waals surface area (Å²) in [6.07, 6.45) is 2.44. The molecular formula is C27H30N6OS. The van der Waals surface area contributed by atoms with Gasteiger partial charge in [0.15, 0.2) is 16.6 Å². The molecule has 3 heterocycles. The third-order valence-corrected chi connectivity index (χ3v) is 7.25. The number of hydrogen-bond donors (Lipinski definition) is 0. The fourth-order valence-electron chi connectivity index (χ4n) is 4.37. The number of anilines is 1. The fourth-order valence-corrected chi connectivity index (χ4v) is 5.05. The zero-order valence-corrected chi connectivity index (χ0v) is 20.8. The second-order valence-electron chi connectivity index (χ2n) is 8.77. The first kappa shape index (κ1) is 23.5. The number of benzene rings is 2. The number of hydrogen-bond acceptors (Lipinski definition) is 7. The van der Waals surface area contributed by atoms with E-state index in [0.717, 1.165) is 56.3 Å². The predicted molar refractivity (Wildman–Crippen MR) is 142 cm³/mol. The molecule has 0 unspecified atom stereocenters.